The normalized spacial score (nSPS) is 13.1. The second kappa shape index (κ2) is 5.71. The van der Waals surface area contributed by atoms with Gasteiger partial charge in [0.2, 0.25) is 0 Å². The Labute approximate surface area is 99.9 Å². The maximum Gasteiger partial charge on any atom is 0.307 e. The van der Waals surface area contributed by atoms with Gasteiger partial charge in [0.15, 0.2) is 0 Å². The van der Waals surface area contributed by atoms with Crippen LogP contribution >= 0.6 is 22.9 Å². The number of alkyl halides is 1. The summed E-state index contributed by atoms with van der Waals surface area (Å²) in [6.45, 7) is 7.02. The minimum absolute atomic E-state index is 0.170. The molecule has 1 atom stereocenters. The predicted octanol–water partition coefficient (Wildman–Crippen LogP) is 3.18. The SMILES string of the molecule is Cc1sc(=O)n(CCC(C)CCCl)c1C. The highest BCUT2D eigenvalue weighted by molar-refractivity contribution is 7.09. The largest absolute Gasteiger partial charge is 0.307 e. The second-order valence-corrected chi connectivity index (χ2v) is 5.58. The molecule has 15 heavy (non-hydrogen) atoms. The molecule has 4 heteroatoms. The molecule has 2 nitrogen and oxygen atoms in total. The molecule has 0 aliphatic heterocycles. The van der Waals surface area contributed by atoms with Gasteiger partial charge in [0, 0.05) is 23.0 Å². The smallest absolute Gasteiger partial charge is 0.303 e. The van der Waals surface area contributed by atoms with E-state index in [9.17, 15) is 4.79 Å². The van der Waals surface area contributed by atoms with Gasteiger partial charge in [0.25, 0.3) is 0 Å². The van der Waals surface area contributed by atoms with Crippen molar-refractivity contribution in [2.45, 2.75) is 40.2 Å². The van der Waals surface area contributed by atoms with Crippen molar-refractivity contribution < 1.29 is 0 Å². The molecule has 0 radical (unpaired) electrons. The molecule has 0 bridgehead atoms. The summed E-state index contributed by atoms with van der Waals surface area (Å²) >= 11 is 7.02. The molecule has 1 heterocycles. The zero-order valence-electron chi connectivity index (χ0n) is 9.55. The standard InChI is InChI=1S/C11H18ClNOS/c1-8(4-6-12)5-7-13-9(2)10(3)15-11(13)14/h8H,4-7H2,1-3H3. The predicted molar refractivity (Wildman–Crippen MR) is 67.2 cm³/mol. The van der Waals surface area contributed by atoms with Crippen LogP contribution in [0.25, 0.3) is 0 Å². The van der Waals surface area contributed by atoms with Gasteiger partial charge in [0.1, 0.15) is 0 Å². The van der Waals surface area contributed by atoms with Crippen LogP contribution in [0.15, 0.2) is 4.79 Å². The zero-order chi connectivity index (χ0) is 11.4. The molecule has 0 aliphatic carbocycles. The van der Waals surface area contributed by atoms with E-state index in [0.717, 1.165) is 30.0 Å². The minimum atomic E-state index is 0.170. The van der Waals surface area contributed by atoms with Gasteiger partial charge in [-0.1, -0.05) is 18.3 Å². The number of rotatable bonds is 5. The lowest BCUT2D eigenvalue weighted by Crippen LogP contribution is -2.16. The summed E-state index contributed by atoms with van der Waals surface area (Å²) < 4.78 is 1.88. The number of hydrogen-bond acceptors (Lipinski definition) is 2. The number of halogens is 1. The van der Waals surface area contributed by atoms with E-state index < -0.39 is 0 Å². The van der Waals surface area contributed by atoms with Crippen molar-refractivity contribution in [1.82, 2.24) is 4.57 Å². The molecule has 1 rings (SSSR count). The molecule has 86 valence electrons. The van der Waals surface area contributed by atoms with Crippen molar-refractivity contribution in [3.8, 4) is 0 Å². The molecule has 1 unspecified atom stereocenters. The van der Waals surface area contributed by atoms with Crippen LogP contribution in [0.4, 0.5) is 0 Å². The number of nitrogens with zero attached hydrogens (tertiary/aromatic N) is 1. The summed E-state index contributed by atoms with van der Waals surface area (Å²) in [6, 6.07) is 0. The first-order valence-corrected chi connectivity index (χ1v) is 6.64. The average molecular weight is 248 g/mol. The third kappa shape index (κ3) is 3.35. The molecule has 0 saturated carbocycles. The highest BCUT2D eigenvalue weighted by Gasteiger charge is 2.08. The molecule has 0 N–H and O–H groups in total. The molecule has 0 amide bonds. The van der Waals surface area contributed by atoms with E-state index in [2.05, 4.69) is 6.92 Å². The van der Waals surface area contributed by atoms with Crippen molar-refractivity contribution in [3.05, 3.63) is 20.2 Å². The molecule has 0 spiro atoms. The fraction of sp³-hybridized carbons (Fsp3) is 0.727. The van der Waals surface area contributed by atoms with E-state index in [4.69, 9.17) is 11.6 Å². The average Bonchev–Trinajstić information content (AvgIpc) is 2.40. The van der Waals surface area contributed by atoms with E-state index in [1.165, 1.54) is 11.3 Å². The van der Waals surface area contributed by atoms with Gasteiger partial charge in [-0.05, 0) is 32.6 Å². The van der Waals surface area contributed by atoms with Crippen LogP contribution in [0.1, 0.15) is 30.3 Å². The maximum absolute atomic E-state index is 11.6. The van der Waals surface area contributed by atoms with E-state index in [1.807, 2.05) is 18.4 Å². The number of aromatic nitrogens is 1. The monoisotopic (exact) mass is 247 g/mol. The summed E-state index contributed by atoms with van der Waals surface area (Å²) in [6.07, 6.45) is 2.06. The van der Waals surface area contributed by atoms with Gasteiger partial charge in [-0.3, -0.25) is 4.79 Å². The number of aryl methyl sites for hydroxylation is 1. The fourth-order valence-corrected chi connectivity index (χ4v) is 2.76. The van der Waals surface area contributed by atoms with E-state index >= 15 is 0 Å². The first kappa shape index (κ1) is 12.8. The Kier molecular flexibility index (Phi) is 4.87. The van der Waals surface area contributed by atoms with E-state index in [0.29, 0.717) is 11.8 Å². The highest BCUT2D eigenvalue weighted by atomic mass is 35.5. The molecular formula is C11H18ClNOS. The number of thiazole rings is 1. The lowest BCUT2D eigenvalue weighted by atomic mass is 10.1. The Bertz CT molecular complexity index is 369. The van der Waals surface area contributed by atoms with Crippen LogP contribution in [0.2, 0.25) is 0 Å². The van der Waals surface area contributed by atoms with Crippen LogP contribution < -0.4 is 4.87 Å². The minimum Gasteiger partial charge on any atom is -0.303 e. The van der Waals surface area contributed by atoms with Crippen LogP contribution in [0, 0.1) is 19.8 Å². The van der Waals surface area contributed by atoms with Crippen LogP contribution in [-0.4, -0.2) is 10.4 Å². The van der Waals surface area contributed by atoms with Gasteiger partial charge in [0.05, 0.1) is 0 Å². The van der Waals surface area contributed by atoms with Crippen molar-refractivity contribution >= 4 is 22.9 Å². The first-order chi connectivity index (χ1) is 7.06. The lowest BCUT2D eigenvalue weighted by Gasteiger charge is -2.10. The van der Waals surface area contributed by atoms with Gasteiger partial charge in [-0.15, -0.1) is 11.6 Å². The summed E-state index contributed by atoms with van der Waals surface area (Å²) in [5.74, 6) is 1.30. The molecule has 0 fully saturated rings. The molecule has 0 aromatic carbocycles. The van der Waals surface area contributed by atoms with E-state index in [-0.39, 0.29) is 4.87 Å². The molecule has 0 saturated heterocycles. The van der Waals surface area contributed by atoms with E-state index in [1.54, 1.807) is 0 Å². The van der Waals surface area contributed by atoms with Gasteiger partial charge in [-0.2, -0.15) is 0 Å². The second-order valence-electron chi connectivity index (χ2n) is 4.03. The summed E-state index contributed by atoms with van der Waals surface area (Å²) in [5.41, 5.74) is 1.11. The quantitative estimate of drug-likeness (QED) is 0.733. The van der Waals surface area contributed by atoms with Crippen molar-refractivity contribution in [2.75, 3.05) is 5.88 Å². The Morgan fingerprint density at radius 3 is 2.53 bits per heavy atom. The van der Waals surface area contributed by atoms with Crippen LogP contribution in [0.5, 0.6) is 0 Å². The Morgan fingerprint density at radius 2 is 2.07 bits per heavy atom. The lowest BCUT2D eigenvalue weighted by molar-refractivity contribution is 0.464. The fourth-order valence-electron chi connectivity index (χ4n) is 1.53. The van der Waals surface area contributed by atoms with Crippen LogP contribution in [-0.2, 0) is 6.54 Å². The van der Waals surface area contributed by atoms with Crippen molar-refractivity contribution in [2.24, 2.45) is 5.92 Å². The topological polar surface area (TPSA) is 22.0 Å². The van der Waals surface area contributed by atoms with Gasteiger partial charge >= 0.3 is 4.87 Å². The molecule has 0 aliphatic rings. The third-order valence-corrected chi connectivity index (χ3v) is 4.04. The first-order valence-electron chi connectivity index (χ1n) is 5.29. The van der Waals surface area contributed by atoms with Gasteiger partial charge < -0.3 is 4.57 Å². The number of hydrogen-bond donors (Lipinski definition) is 0. The molecular weight excluding hydrogens is 230 g/mol. The highest BCUT2D eigenvalue weighted by Crippen LogP contribution is 2.13. The zero-order valence-corrected chi connectivity index (χ0v) is 11.1. The maximum atomic E-state index is 11.6. The Morgan fingerprint density at radius 1 is 1.40 bits per heavy atom. The van der Waals surface area contributed by atoms with Crippen molar-refractivity contribution in [3.63, 3.8) is 0 Å². The summed E-state index contributed by atoms with van der Waals surface area (Å²) in [7, 11) is 0. The Hall–Kier alpha value is -0.280. The van der Waals surface area contributed by atoms with Crippen LogP contribution in [0.3, 0.4) is 0 Å². The van der Waals surface area contributed by atoms with Crippen molar-refractivity contribution in [1.29, 1.82) is 0 Å². The molecule has 1 aromatic rings. The summed E-state index contributed by atoms with van der Waals surface area (Å²) in [5, 5.41) is 0. The molecule has 1 aromatic heterocycles. The third-order valence-electron chi connectivity index (χ3n) is 2.82. The van der Waals surface area contributed by atoms with Gasteiger partial charge in [-0.25, -0.2) is 0 Å². The summed E-state index contributed by atoms with van der Waals surface area (Å²) in [4.78, 5) is 12.9. The Balaban J connectivity index is 2.61.